The molecule has 0 radical (unpaired) electrons. The molecule has 0 bridgehead atoms. The number of carbonyl (C=O) groups is 1. The van der Waals surface area contributed by atoms with Crippen LogP contribution in [0.5, 0.6) is 0 Å². The zero-order valence-corrected chi connectivity index (χ0v) is 22.7. The maximum absolute atomic E-state index is 13.5. The molecule has 1 heterocycles. The molecule has 1 saturated heterocycles. The van der Waals surface area contributed by atoms with Gasteiger partial charge in [0.05, 0.1) is 23.7 Å². The van der Waals surface area contributed by atoms with Gasteiger partial charge in [-0.15, -0.1) is 0 Å². The number of carbonyl (C=O) groups excluding carboxylic acids is 1. The van der Waals surface area contributed by atoms with Crippen LogP contribution in [0, 0.1) is 11.8 Å². The van der Waals surface area contributed by atoms with E-state index >= 15 is 0 Å². The molecule has 0 spiro atoms. The van der Waals surface area contributed by atoms with E-state index in [4.69, 9.17) is 4.74 Å². The third kappa shape index (κ3) is 5.87. The minimum Gasteiger partial charge on any atom is -0.379 e. The van der Waals surface area contributed by atoms with Crippen molar-refractivity contribution in [3.63, 3.8) is 0 Å². The lowest BCUT2D eigenvalue weighted by Crippen LogP contribution is -2.44. The molecule has 2 aliphatic rings. The summed E-state index contributed by atoms with van der Waals surface area (Å²) in [4.78, 5) is 15.4. The summed E-state index contributed by atoms with van der Waals surface area (Å²) in [5.74, 6) is 0.703. The maximum Gasteiger partial charge on any atom is 0.252 e. The Hall–Kier alpha value is -1.39. The number of nitrogens with one attached hydrogen (secondary N) is 1. The van der Waals surface area contributed by atoms with Gasteiger partial charge in [0.15, 0.2) is 0 Å². The van der Waals surface area contributed by atoms with E-state index in [0.29, 0.717) is 43.7 Å². The maximum atomic E-state index is 13.5. The first-order chi connectivity index (χ1) is 16.3. The Labute approximate surface area is 215 Å². The number of halogens is 1. The Kier molecular flexibility index (Phi) is 8.40. The summed E-state index contributed by atoms with van der Waals surface area (Å²) < 4.78 is 34.3. The van der Waals surface area contributed by atoms with Gasteiger partial charge in [-0.1, -0.05) is 54.4 Å². The number of hydrogen-bond acceptors (Lipinski definition) is 5. The van der Waals surface area contributed by atoms with E-state index < -0.39 is 10.0 Å². The van der Waals surface area contributed by atoms with Gasteiger partial charge >= 0.3 is 0 Å². The van der Waals surface area contributed by atoms with E-state index in [-0.39, 0.29) is 16.8 Å². The zero-order valence-electron chi connectivity index (χ0n) is 19.5. The summed E-state index contributed by atoms with van der Waals surface area (Å²) in [6.45, 7) is 5.80. The van der Waals surface area contributed by atoms with Crippen LogP contribution in [0.2, 0.25) is 0 Å². The summed E-state index contributed by atoms with van der Waals surface area (Å²) in [6, 6.07) is 12.8. The summed E-state index contributed by atoms with van der Waals surface area (Å²) in [7, 11) is -3.71. The molecule has 1 aliphatic carbocycles. The molecule has 0 aromatic heterocycles. The normalized spacial score (nSPS) is 24.0. The van der Waals surface area contributed by atoms with Crippen LogP contribution in [0.4, 0.5) is 0 Å². The molecule has 1 saturated carbocycles. The SMILES string of the molecule is C[C@H]1[C@H](C)CCC[C@H]1NC(=O)c1cc(S(=O)(=O)N2CCOCC2)ccc1Sc1ccc(Br)cc1. The van der Waals surface area contributed by atoms with E-state index in [9.17, 15) is 13.2 Å². The van der Waals surface area contributed by atoms with E-state index in [1.807, 2.05) is 24.3 Å². The van der Waals surface area contributed by atoms with Gasteiger partial charge in [-0.2, -0.15) is 4.31 Å². The molecular formula is C25H31BrN2O4S2. The van der Waals surface area contributed by atoms with Crippen LogP contribution >= 0.6 is 27.7 Å². The first kappa shape index (κ1) is 25.7. The highest BCUT2D eigenvalue weighted by molar-refractivity contribution is 9.10. The van der Waals surface area contributed by atoms with Crippen LogP contribution in [-0.2, 0) is 14.8 Å². The molecule has 6 nitrogen and oxygen atoms in total. The lowest BCUT2D eigenvalue weighted by Gasteiger charge is -2.34. The fourth-order valence-corrected chi connectivity index (χ4v) is 7.16. The monoisotopic (exact) mass is 566 g/mol. The number of benzene rings is 2. The van der Waals surface area contributed by atoms with Crippen molar-refractivity contribution in [3.05, 3.63) is 52.5 Å². The van der Waals surface area contributed by atoms with Crippen LogP contribution in [0.3, 0.4) is 0 Å². The molecule has 0 unspecified atom stereocenters. The summed E-state index contributed by atoms with van der Waals surface area (Å²) >= 11 is 4.91. The van der Waals surface area contributed by atoms with Gasteiger partial charge in [0, 0.05) is 33.4 Å². The first-order valence-electron chi connectivity index (χ1n) is 11.7. The van der Waals surface area contributed by atoms with Crippen molar-refractivity contribution in [2.45, 2.75) is 53.8 Å². The average molecular weight is 568 g/mol. The Bertz CT molecular complexity index is 1120. The second-order valence-corrected chi connectivity index (χ2v) is 13.0. The number of nitrogens with zero attached hydrogens (tertiary/aromatic N) is 1. The van der Waals surface area contributed by atoms with Crippen LogP contribution in [0.25, 0.3) is 0 Å². The number of hydrogen-bond donors (Lipinski definition) is 1. The number of rotatable bonds is 6. The molecule has 2 aromatic rings. The highest BCUT2D eigenvalue weighted by atomic mass is 79.9. The number of morpholine rings is 1. The van der Waals surface area contributed by atoms with Crippen molar-refractivity contribution in [1.82, 2.24) is 9.62 Å². The lowest BCUT2D eigenvalue weighted by atomic mass is 9.78. The minimum atomic E-state index is -3.71. The van der Waals surface area contributed by atoms with Crippen LogP contribution in [0.1, 0.15) is 43.5 Å². The fourth-order valence-electron chi connectivity index (χ4n) is 4.53. The number of amides is 1. The molecule has 1 N–H and O–H groups in total. The summed E-state index contributed by atoms with van der Waals surface area (Å²) in [5, 5.41) is 3.22. The van der Waals surface area contributed by atoms with Crippen LogP contribution in [-0.4, -0.2) is 51.0 Å². The molecule has 9 heteroatoms. The second-order valence-electron chi connectivity index (χ2n) is 9.08. The van der Waals surface area contributed by atoms with Crippen LogP contribution < -0.4 is 5.32 Å². The highest BCUT2D eigenvalue weighted by Gasteiger charge is 2.31. The standard InChI is InChI=1S/C25H31BrN2O4S2/c1-17-4-3-5-23(18(17)2)27-25(29)22-16-21(34(30,31)28-12-14-32-15-13-28)10-11-24(22)33-20-8-6-19(26)7-9-20/h6-11,16-18,23H,3-5,12-15H2,1-2H3,(H,27,29)/t17-,18+,23-/m1/s1. The third-order valence-corrected chi connectivity index (χ3v) is 10.4. The molecule has 1 aliphatic heterocycles. The van der Waals surface area contributed by atoms with Crippen LogP contribution in [0.15, 0.2) is 61.6 Å². The molecule has 184 valence electrons. The topological polar surface area (TPSA) is 75.7 Å². The summed E-state index contributed by atoms with van der Waals surface area (Å²) in [5.41, 5.74) is 0.396. The zero-order chi connectivity index (χ0) is 24.3. The fraction of sp³-hybridized carbons (Fsp3) is 0.480. The van der Waals surface area contributed by atoms with Crippen molar-refractivity contribution in [3.8, 4) is 0 Å². The van der Waals surface area contributed by atoms with Gasteiger partial charge in [-0.25, -0.2) is 8.42 Å². The number of sulfonamides is 1. The van der Waals surface area contributed by atoms with Gasteiger partial charge < -0.3 is 10.1 Å². The van der Waals surface area contributed by atoms with Gasteiger partial charge in [0.1, 0.15) is 0 Å². The molecular weight excluding hydrogens is 536 g/mol. The Morgan fingerprint density at radius 1 is 1.09 bits per heavy atom. The first-order valence-corrected chi connectivity index (χ1v) is 14.8. The molecule has 2 aromatic carbocycles. The molecule has 4 rings (SSSR count). The van der Waals surface area contributed by atoms with E-state index in [0.717, 1.165) is 27.1 Å². The van der Waals surface area contributed by atoms with Crippen molar-refractivity contribution in [2.75, 3.05) is 26.3 Å². The number of ether oxygens (including phenoxy) is 1. The van der Waals surface area contributed by atoms with Crippen molar-refractivity contribution in [2.24, 2.45) is 11.8 Å². The Morgan fingerprint density at radius 3 is 2.50 bits per heavy atom. The van der Waals surface area contributed by atoms with Gasteiger partial charge in [-0.3, -0.25) is 4.79 Å². The van der Waals surface area contributed by atoms with E-state index in [2.05, 4.69) is 35.1 Å². The Morgan fingerprint density at radius 2 is 1.79 bits per heavy atom. The smallest absolute Gasteiger partial charge is 0.252 e. The third-order valence-electron chi connectivity index (χ3n) is 6.87. The van der Waals surface area contributed by atoms with Crippen molar-refractivity contribution >= 4 is 43.6 Å². The molecule has 2 fully saturated rings. The second kappa shape index (κ2) is 11.1. The van der Waals surface area contributed by atoms with Crippen molar-refractivity contribution in [1.29, 1.82) is 0 Å². The van der Waals surface area contributed by atoms with E-state index in [1.54, 1.807) is 12.1 Å². The van der Waals surface area contributed by atoms with Gasteiger partial charge in [0.25, 0.3) is 5.91 Å². The predicted molar refractivity (Wildman–Crippen MR) is 138 cm³/mol. The predicted octanol–water partition coefficient (Wildman–Crippen LogP) is 5.18. The quantitative estimate of drug-likeness (QED) is 0.521. The largest absolute Gasteiger partial charge is 0.379 e. The molecule has 3 atom stereocenters. The minimum absolute atomic E-state index is 0.0845. The molecule has 34 heavy (non-hydrogen) atoms. The summed E-state index contributed by atoms with van der Waals surface area (Å²) in [6.07, 6.45) is 3.20. The van der Waals surface area contributed by atoms with Gasteiger partial charge in [-0.05, 0) is 60.7 Å². The average Bonchev–Trinajstić information content (AvgIpc) is 2.84. The lowest BCUT2D eigenvalue weighted by molar-refractivity contribution is 0.0730. The Balaban J connectivity index is 1.66. The van der Waals surface area contributed by atoms with E-state index in [1.165, 1.54) is 28.6 Å². The van der Waals surface area contributed by atoms with Crippen molar-refractivity contribution < 1.29 is 17.9 Å². The van der Waals surface area contributed by atoms with Gasteiger partial charge in [0.2, 0.25) is 10.0 Å². The molecule has 1 amide bonds. The highest BCUT2D eigenvalue weighted by Crippen LogP contribution is 2.34.